The highest BCUT2D eigenvalue weighted by Crippen LogP contribution is 2.25. The molecule has 2 heterocycles. The number of hydrogen-bond acceptors (Lipinski definition) is 6. The first-order valence-electron chi connectivity index (χ1n) is 9.32. The van der Waals surface area contributed by atoms with Gasteiger partial charge in [0.15, 0.2) is 0 Å². The van der Waals surface area contributed by atoms with Gasteiger partial charge in [-0.25, -0.2) is 0 Å². The summed E-state index contributed by atoms with van der Waals surface area (Å²) in [6.07, 6.45) is -0.587. The van der Waals surface area contributed by atoms with Crippen molar-refractivity contribution in [1.82, 2.24) is 5.32 Å². The average molecular weight is 466 g/mol. The molecule has 1 saturated heterocycles. The molecule has 2 aromatic rings. The van der Waals surface area contributed by atoms with Gasteiger partial charge in [0, 0.05) is 17.9 Å². The molecule has 1 aliphatic heterocycles. The highest BCUT2D eigenvalue weighted by Gasteiger charge is 2.26. The number of amides is 3. The number of carboxylic acids is 1. The van der Waals surface area contributed by atoms with Crippen LogP contribution in [-0.4, -0.2) is 54.6 Å². The lowest BCUT2D eigenvalue weighted by Gasteiger charge is -2.28. The average Bonchev–Trinajstić information content (AvgIpc) is 3.14. The number of carboxylic acid groups (broad SMARTS) is 1. The number of hydrogen-bond donors (Lipinski definition) is 3. The minimum atomic E-state index is -1.29. The predicted octanol–water partition coefficient (Wildman–Crippen LogP) is 2.28. The minimum Gasteiger partial charge on any atom is -0.481 e. The maximum Gasteiger partial charge on any atom is 0.305 e. The highest BCUT2D eigenvalue weighted by molar-refractivity contribution is 7.18. The number of halogens is 1. The molecule has 9 nitrogen and oxygen atoms in total. The zero-order valence-electron chi connectivity index (χ0n) is 16.5. The second kappa shape index (κ2) is 9.90. The number of nitrogens with zero attached hydrogens (tertiary/aromatic N) is 1. The number of carbonyl (C=O) groups is 4. The van der Waals surface area contributed by atoms with Crippen LogP contribution in [0, 0.1) is 6.92 Å². The van der Waals surface area contributed by atoms with E-state index in [1.54, 1.807) is 30.0 Å². The fourth-order valence-corrected chi connectivity index (χ4v) is 4.03. The Hall–Kier alpha value is -2.95. The van der Waals surface area contributed by atoms with Gasteiger partial charge in [0.2, 0.25) is 5.91 Å². The molecular weight excluding hydrogens is 446 g/mol. The summed E-state index contributed by atoms with van der Waals surface area (Å²) in [5.41, 5.74) is 1.87. The number of anilines is 2. The molecule has 31 heavy (non-hydrogen) atoms. The summed E-state index contributed by atoms with van der Waals surface area (Å²) in [7, 11) is 0. The summed E-state index contributed by atoms with van der Waals surface area (Å²) in [5.74, 6) is -2.64. The van der Waals surface area contributed by atoms with Crippen LogP contribution in [-0.2, 0) is 19.1 Å². The molecule has 1 fully saturated rings. The number of morpholine rings is 1. The van der Waals surface area contributed by atoms with E-state index in [1.807, 2.05) is 0 Å². The zero-order valence-corrected chi connectivity index (χ0v) is 18.1. The summed E-state index contributed by atoms with van der Waals surface area (Å²) in [4.78, 5) is 50.1. The van der Waals surface area contributed by atoms with Gasteiger partial charge in [0.25, 0.3) is 11.8 Å². The van der Waals surface area contributed by atoms with Crippen molar-refractivity contribution in [2.45, 2.75) is 19.4 Å². The molecule has 0 saturated carbocycles. The van der Waals surface area contributed by atoms with Crippen LogP contribution in [0.2, 0.25) is 4.34 Å². The number of aliphatic carboxylic acids is 1. The molecule has 0 spiro atoms. The molecule has 1 aromatic carbocycles. The van der Waals surface area contributed by atoms with Crippen LogP contribution >= 0.6 is 22.9 Å². The molecule has 3 N–H and O–H groups in total. The van der Waals surface area contributed by atoms with Gasteiger partial charge < -0.3 is 25.4 Å². The Kier molecular flexibility index (Phi) is 7.26. The van der Waals surface area contributed by atoms with Gasteiger partial charge in [0.1, 0.15) is 12.6 Å². The number of thiophene rings is 1. The van der Waals surface area contributed by atoms with Gasteiger partial charge in [-0.1, -0.05) is 11.6 Å². The lowest BCUT2D eigenvalue weighted by atomic mass is 10.1. The molecule has 3 amide bonds. The van der Waals surface area contributed by atoms with Crippen LogP contribution < -0.4 is 15.5 Å². The van der Waals surface area contributed by atoms with Crippen LogP contribution in [0.15, 0.2) is 30.3 Å². The van der Waals surface area contributed by atoms with Gasteiger partial charge in [-0.3, -0.25) is 19.2 Å². The van der Waals surface area contributed by atoms with E-state index in [4.69, 9.17) is 21.4 Å². The molecule has 1 aromatic heterocycles. The van der Waals surface area contributed by atoms with E-state index < -0.39 is 30.2 Å². The second-order valence-electron chi connectivity index (χ2n) is 6.82. The van der Waals surface area contributed by atoms with Crippen molar-refractivity contribution >= 4 is 58.0 Å². The molecule has 1 aliphatic rings. The Balaban J connectivity index is 1.71. The van der Waals surface area contributed by atoms with Crippen LogP contribution in [0.4, 0.5) is 11.4 Å². The summed E-state index contributed by atoms with van der Waals surface area (Å²) in [6.45, 7) is 2.69. The largest absolute Gasteiger partial charge is 0.481 e. The SMILES string of the molecule is Cc1cc(NC(=O)[C@@H](CC(=O)O)NC(=O)c2ccc(Cl)s2)ccc1N1CCOCC1=O. The summed E-state index contributed by atoms with van der Waals surface area (Å²) >= 11 is 6.84. The smallest absolute Gasteiger partial charge is 0.305 e. The van der Waals surface area contributed by atoms with Gasteiger partial charge in [0.05, 0.1) is 22.2 Å². The Bertz CT molecular complexity index is 1020. The number of nitrogens with one attached hydrogen (secondary N) is 2. The first-order valence-corrected chi connectivity index (χ1v) is 10.5. The summed E-state index contributed by atoms with van der Waals surface area (Å²) in [6, 6.07) is 6.74. The highest BCUT2D eigenvalue weighted by atomic mass is 35.5. The van der Waals surface area contributed by atoms with Crippen molar-refractivity contribution in [1.29, 1.82) is 0 Å². The van der Waals surface area contributed by atoms with E-state index in [9.17, 15) is 19.2 Å². The molecule has 164 valence electrons. The van der Waals surface area contributed by atoms with Crippen LogP contribution in [0.1, 0.15) is 21.7 Å². The summed E-state index contributed by atoms with van der Waals surface area (Å²) < 4.78 is 5.54. The van der Waals surface area contributed by atoms with Crippen LogP contribution in [0.25, 0.3) is 0 Å². The lowest BCUT2D eigenvalue weighted by Crippen LogP contribution is -2.45. The maximum absolute atomic E-state index is 12.7. The summed E-state index contributed by atoms with van der Waals surface area (Å²) in [5, 5.41) is 14.2. The number of ether oxygens (including phenoxy) is 1. The van der Waals surface area contributed by atoms with Gasteiger partial charge >= 0.3 is 5.97 Å². The lowest BCUT2D eigenvalue weighted by molar-refractivity contribution is -0.139. The van der Waals surface area contributed by atoms with Crippen molar-refractivity contribution in [2.75, 3.05) is 30.0 Å². The number of benzene rings is 1. The monoisotopic (exact) mass is 465 g/mol. The van der Waals surface area contributed by atoms with E-state index in [0.717, 1.165) is 16.9 Å². The van der Waals surface area contributed by atoms with Crippen molar-refractivity contribution in [3.63, 3.8) is 0 Å². The third-order valence-electron chi connectivity index (χ3n) is 4.54. The van der Waals surface area contributed by atoms with Crippen LogP contribution in [0.5, 0.6) is 0 Å². The van der Waals surface area contributed by atoms with Gasteiger partial charge in [-0.05, 0) is 42.8 Å². The zero-order chi connectivity index (χ0) is 22.5. The second-order valence-corrected chi connectivity index (χ2v) is 8.53. The van der Waals surface area contributed by atoms with Gasteiger partial charge in [-0.2, -0.15) is 0 Å². The fraction of sp³-hybridized carbons (Fsp3) is 0.300. The third kappa shape index (κ3) is 5.81. The molecule has 3 rings (SSSR count). The van der Waals surface area contributed by atoms with Crippen molar-refractivity contribution in [3.05, 3.63) is 45.1 Å². The molecule has 0 aliphatic carbocycles. The topological polar surface area (TPSA) is 125 Å². The fourth-order valence-electron chi connectivity index (χ4n) is 3.09. The Morgan fingerprint density at radius 1 is 1.29 bits per heavy atom. The normalized spacial score (nSPS) is 14.8. The number of carbonyl (C=O) groups excluding carboxylic acids is 3. The Morgan fingerprint density at radius 2 is 2.06 bits per heavy atom. The number of rotatable bonds is 7. The standard InChI is InChI=1S/C20H20ClN3O6S/c1-11-8-12(2-3-14(11)24-6-7-30-10-17(24)25)22-19(28)13(9-18(26)27)23-20(29)15-4-5-16(21)31-15/h2-5,8,13H,6-7,9-10H2,1H3,(H,22,28)(H,23,29)(H,26,27)/t13-/m1/s1. The molecule has 1 atom stereocenters. The first kappa shape index (κ1) is 22.7. The number of aryl methyl sites for hydroxylation is 1. The van der Waals surface area contributed by atoms with Gasteiger partial charge in [-0.15, -0.1) is 11.3 Å². The molecular formula is C20H20ClN3O6S. The predicted molar refractivity (Wildman–Crippen MR) is 116 cm³/mol. The third-order valence-corrected chi connectivity index (χ3v) is 5.77. The van der Waals surface area contributed by atoms with Crippen LogP contribution in [0.3, 0.4) is 0 Å². The maximum atomic E-state index is 12.7. The molecule has 0 unspecified atom stereocenters. The first-order chi connectivity index (χ1) is 14.7. The molecule has 0 radical (unpaired) electrons. The van der Waals surface area contributed by atoms with E-state index in [0.29, 0.717) is 28.9 Å². The van der Waals surface area contributed by atoms with Crippen molar-refractivity contribution < 1.29 is 29.0 Å². The van der Waals surface area contributed by atoms with Crippen molar-refractivity contribution in [2.24, 2.45) is 0 Å². The van der Waals surface area contributed by atoms with Crippen molar-refractivity contribution in [3.8, 4) is 0 Å². The Morgan fingerprint density at radius 3 is 2.68 bits per heavy atom. The van der Waals surface area contributed by atoms with E-state index >= 15 is 0 Å². The minimum absolute atomic E-state index is 0.0178. The molecule has 0 bridgehead atoms. The van der Waals surface area contributed by atoms with E-state index in [-0.39, 0.29) is 17.4 Å². The quantitative estimate of drug-likeness (QED) is 0.576. The van der Waals surface area contributed by atoms with E-state index in [2.05, 4.69) is 10.6 Å². The Labute approximate surface area is 186 Å². The van der Waals surface area contributed by atoms with E-state index in [1.165, 1.54) is 12.1 Å². The molecule has 11 heteroatoms.